The van der Waals surface area contributed by atoms with E-state index < -0.39 is 0 Å². The maximum absolute atomic E-state index is 3.80. The van der Waals surface area contributed by atoms with Gasteiger partial charge in [0.2, 0.25) is 0 Å². The molecule has 2 heteroatoms. The van der Waals surface area contributed by atoms with Gasteiger partial charge in [0.1, 0.15) is 0 Å². The maximum atomic E-state index is 3.80. The predicted octanol–water partition coefficient (Wildman–Crippen LogP) is 3.21. The first-order valence-electron chi connectivity index (χ1n) is 8.17. The first-order valence-corrected chi connectivity index (χ1v) is 8.17. The van der Waals surface area contributed by atoms with Crippen molar-refractivity contribution in [1.29, 1.82) is 0 Å². The van der Waals surface area contributed by atoms with Crippen molar-refractivity contribution in [3.63, 3.8) is 0 Å². The van der Waals surface area contributed by atoms with Crippen molar-refractivity contribution in [3.05, 3.63) is 35.4 Å². The van der Waals surface area contributed by atoms with Crippen molar-refractivity contribution in [2.24, 2.45) is 5.92 Å². The molecule has 3 rings (SSSR count). The van der Waals surface area contributed by atoms with Gasteiger partial charge in [-0.1, -0.05) is 31.2 Å². The number of nitrogens with zero attached hydrogens (tertiary/aromatic N) is 1. The maximum Gasteiger partial charge on any atom is 0.0309 e. The SMILES string of the molecule is CCc1ccc(CN2CC(C)(C3CC3)NCC2C)cc1. The third-order valence-electron chi connectivity index (χ3n) is 5.25. The van der Waals surface area contributed by atoms with E-state index in [1.54, 1.807) is 0 Å². The van der Waals surface area contributed by atoms with Gasteiger partial charge < -0.3 is 5.32 Å². The van der Waals surface area contributed by atoms with Crippen LogP contribution in [-0.4, -0.2) is 29.6 Å². The molecule has 20 heavy (non-hydrogen) atoms. The molecular formula is C18H28N2. The van der Waals surface area contributed by atoms with Crippen LogP contribution in [0.5, 0.6) is 0 Å². The second-order valence-electron chi connectivity index (χ2n) is 7.00. The number of nitrogens with one attached hydrogen (secondary N) is 1. The Labute approximate surface area is 123 Å². The highest BCUT2D eigenvalue weighted by Crippen LogP contribution is 2.41. The molecule has 1 heterocycles. The summed E-state index contributed by atoms with van der Waals surface area (Å²) in [6.07, 6.45) is 3.96. The lowest BCUT2D eigenvalue weighted by Gasteiger charge is -2.45. The molecule has 2 unspecified atom stereocenters. The Hall–Kier alpha value is -0.860. The Morgan fingerprint density at radius 2 is 1.85 bits per heavy atom. The number of hydrogen-bond donors (Lipinski definition) is 1. The second-order valence-corrected chi connectivity index (χ2v) is 7.00. The lowest BCUT2D eigenvalue weighted by atomic mass is 9.91. The molecule has 1 aliphatic carbocycles. The highest BCUT2D eigenvalue weighted by molar-refractivity contribution is 5.22. The molecule has 0 radical (unpaired) electrons. The smallest absolute Gasteiger partial charge is 0.0309 e. The minimum absolute atomic E-state index is 0.343. The Kier molecular flexibility index (Phi) is 3.87. The lowest BCUT2D eigenvalue weighted by molar-refractivity contribution is 0.0770. The molecule has 1 saturated carbocycles. The molecule has 1 N–H and O–H groups in total. The van der Waals surface area contributed by atoms with Gasteiger partial charge in [-0.15, -0.1) is 0 Å². The molecule has 2 atom stereocenters. The summed E-state index contributed by atoms with van der Waals surface area (Å²) in [5, 5.41) is 3.80. The Bertz CT molecular complexity index is 449. The lowest BCUT2D eigenvalue weighted by Crippen LogP contribution is -2.62. The molecule has 2 fully saturated rings. The summed E-state index contributed by atoms with van der Waals surface area (Å²) in [5.74, 6) is 0.903. The molecule has 0 aromatic heterocycles. The van der Waals surface area contributed by atoms with E-state index in [4.69, 9.17) is 0 Å². The molecule has 0 bridgehead atoms. The van der Waals surface area contributed by atoms with Crippen LogP contribution in [0.4, 0.5) is 0 Å². The van der Waals surface area contributed by atoms with Crippen LogP contribution in [0.25, 0.3) is 0 Å². The van der Waals surface area contributed by atoms with E-state index in [0.717, 1.165) is 25.4 Å². The fraction of sp³-hybridized carbons (Fsp3) is 0.667. The minimum atomic E-state index is 0.343. The van der Waals surface area contributed by atoms with Crippen molar-refractivity contribution >= 4 is 0 Å². The Morgan fingerprint density at radius 3 is 2.45 bits per heavy atom. The molecule has 110 valence electrons. The summed E-state index contributed by atoms with van der Waals surface area (Å²) in [5.41, 5.74) is 3.23. The van der Waals surface area contributed by atoms with Gasteiger partial charge in [0.15, 0.2) is 0 Å². The van der Waals surface area contributed by atoms with E-state index in [-0.39, 0.29) is 0 Å². The van der Waals surface area contributed by atoms with Gasteiger partial charge in [-0.05, 0) is 50.2 Å². The fourth-order valence-corrected chi connectivity index (χ4v) is 3.46. The summed E-state index contributed by atoms with van der Waals surface area (Å²) in [4.78, 5) is 2.66. The van der Waals surface area contributed by atoms with Gasteiger partial charge >= 0.3 is 0 Å². The average Bonchev–Trinajstić information content (AvgIpc) is 3.29. The minimum Gasteiger partial charge on any atom is -0.308 e. The summed E-state index contributed by atoms with van der Waals surface area (Å²) >= 11 is 0. The van der Waals surface area contributed by atoms with Crippen molar-refractivity contribution in [1.82, 2.24) is 10.2 Å². The van der Waals surface area contributed by atoms with E-state index in [2.05, 4.69) is 55.3 Å². The van der Waals surface area contributed by atoms with Gasteiger partial charge in [0.25, 0.3) is 0 Å². The zero-order valence-corrected chi connectivity index (χ0v) is 13.2. The Morgan fingerprint density at radius 1 is 1.20 bits per heavy atom. The van der Waals surface area contributed by atoms with Gasteiger partial charge in [-0.2, -0.15) is 0 Å². The van der Waals surface area contributed by atoms with Crippen LogP contribution in [0.15, 0.2) is 24.3 Å². The largest absolute Gasteiger partial charge is 0.308 e. The van der Waals surface area contributed by atoms with Crippen molar-refractivity contribution in [2.75, 3.05) is 13.1 Å². The third-order valence-corrected chi connectivity index (χ3v) is 5.25. The summed E-state index contributed by atoms with van der Waals surface area (Å²) in [6.45, 7) is 10.4. The van der Waals surface area contributed by atoms with Gasteiger partial charge in [0, 0.05) is 31.2 Å². The molecule has 0 spiro atoms. The van der Waals surface area contributed by atoms with E-state index in [1.807, 2.05) is 0 Å². The van der Waals surface area contributed by atoms with Crippen LogP contribution in [0.2, 0.25) is 0 Å². The molecule has 2 nitrogen and oxygen atoms in total. The third kappa shape index (κ3) is 2.91. The zero-order valence-electron chi connectivity index (χ0n) is 13.2. The van der Waals surface area contributed by atoms with Gasteiger partial charge in [-0.25, -0.2) is 0 Å². The molecule has 2 aliphatic rings. The van der Waals surface area contributed by atoms with Crippen molar-refractivity contribution < 1.29 is 0 Å². The molecule has 1 aromatic carbocycles. The molecular weight excluding hydrogens is 244 g/mol. The van der Waals surface area contributed by atoms with Crippen LogP contribution in [0, 0.1) is 5.92 Å². The molecule has 1 aromatic rings. The summed E-state index contributed by atoms with van der Waals surface area (Å²) in [6, 6.07) is 9.81. The molecule has 1 aliphatic heterocycles. The second kappa shape index (κ2) is 5.50. The van der Waals surface area contributed by atoms with E-state index >= 15 is 0 Å². The first-order chi connectivity index (χ1) is 9.60. The van der Waals surface area contributed by atoms with E-state index in [1.165, 1.54) is 30.5 Å². The fourth-order valence-electron chi connectivity index (χ4n) is 3.46. The number of piperazine rings is 1. The van der Waals surface area contributed by atoms with Crippen LogP contribution in [0.1, 0.15) is 44.7 Å². The van der Waals surface area contributed by atoms with Gasteiger partial charge in [-0.3, -0.25) is 4.90 Å². The Balaban J connectivity index is 1.67. The zero-order chi connectivity index (χ0) is 14.2. The van der Waals surface area contributed by atoms with Crippen LogP contribution >= 0.6 is 0 Å². The normalized spacial score (nSPS) is 31.4. The molecule has 1 saturated heterocycles. The predicted molar refractivity (Wildman–Crippen MR) is 84.8 cm³/mol. The van der Waals surface area contributed by atoms with Crippen molar-refractivity contribution in [3.8, 4) is 0 Å². The number of rotatable bonds is 4. The van der Waals surface area contributed by atoms with Crippen LogP contribution in [-0.2, 0) is 13.0 Å². The number of hydrogen-bond acceptors (Lipinski definition) is 2. The van der Waals surface area contributed by atoms with E-state index in [9.17, 15) is 0 Å². The highest BCUT2D eigenvalue weighted by Gasteiger charge is 2.45. The van der Waals surface area contributed by atoms with Crippen LogP contribution in [0.3, 0.4) is 0 Å². The van der Waals surface area contributed by atoms with Gasteiger partial charge in [0.05, 0.1) is 0 Å². The standard InChI is InChI=1S/C18H28N2/c1-4-15-5-7-16(8-6-15)12-20-13-18(3,17-9-10-17)19-11-14(20)2/h5-8,14,17,19H,4,9-13H2,1-3H3. The number of aryl methyl sites for hydroxylation is 1. The van der Waals surface area contributed by atoms with Crippen molar-refractivity contribution in [2.45, 2.75) is 58.2 Å². The monoisotopic (exact) mass is 272 g/mol. The van der Waals surface area contributed by atoms with Crippen LogP contribution < -0.4 is 5.32 Å². The quantitative estimate of drug-likeness (QED) is 0.905. The summed E-state index contributed by atoms with van der Waals surface area (Å²) < 4.78 is 0. The number of benzene rings is 1. The topological polar surface area (TPSA) is 15.3 Å². The van der Waals surface area contributed by atoms with E-state index in [0.29, 0.717) is 11.6 Å². The first kappa shape index (κ1) is 14.1. The summed E-state index contributed by atoms with van der Waals surface area (Å²) in [7, 11) is 0. The molecule has 0 amide bonds. The average molecular weight is 272 g/mol. The highest BCUT2D eigenvalue weighted by atomic mass is 15.3.